The van der Waals surface area contributed by atoms with Gasteiger partial charge < -0.3 is 19.4 Å². The van der Waals surface area contributed by atoms with E-state index < -0.39 is 17.2 Å². The molecule has 0 atom stereocenters. The van der Waals surface area contributed by atoms with Crippen molar-refractivity contribution >= 4 is 17.7 Å². The average molecular weight is 311 g/mol. The zero-order valence-corrected chi connectivity index (χ0v) is 13.6. The van der Waals surface area contributed by atoms with Crippen molar-refractivity contribution < 1.29 is 19.1 Å². The van der Waals surface area contributed by atoms with Crippen LogP contribution in [-0.4, -0.2) is 84.9 Å². The summed E-state index contributed by atoms with van der Waals surface area (Å²) in [5.74, 6) is -0.845. The van der Waals surface area contributed by atoms with Crippen molar-refractivity contribution in [1.29, 1.82) is 0 Å². The van der Waals surface area contributed by atoms with Gasteiger partial charge in [0.15, 0.2) is 0 Å². The standard InChI is InChI=1S/C15H25N3O4/c1-15(2,3)14(21)18-6-4-16(5-7-18)12(19)13(20)17-8-10-22-11-9-17/h4-11H2,1-3H3. The summed E-state index contributed by atoms with van der Waals surface area (Å²) in [7, 11) is 0. The predicted octanol–water partition coefficient (Wildman–Crippen LogP) is -0.438. The van der Waals surface area contributed by atoms with Crippen LogP contribution in [0.15, 0.2) is 0 Å². The van der Waals surface area contributed by atoms with E-state index in [0.29, 0.717) is 52.5 Å². The fraction of sp³-hybridized carbons (Fsp3) is 0.800. The Morgan fingerprint density at radius 1 is 0.727 bits per heavy atom. The molecule has 0 unspecified atom stereocenters. The van der Waals surface area contributed by atoms with E-state index in [9.17, 15) is 14.4 Å². The molecule has 7 nitrogen and oxygen atoms in total. The lowest BCUT2D eigenvalue weighted by Gasteiger charge is -2.38. The molecule has 124 valence electrons. The van der Waals surface area contributed by atoms with Gasteiger partial charge in [0.25, 0.3) is 0 Å². The maximum atomic E-state index is 12.3. The number of carbonyl (C=O) groups excluding carboxylic acids is 3. The predicted molar refractivity (Wildman–Crippen MR) is 80.0 cm³/mol. The van der Waals surface area contributed by atoms with E-state index in [1.165, 1.54) is 0 Å². The van der Waals surface area contributed by atoms with Gasteiger partial charge in [-0.15, -0.1) is 0 Å². The number of nitrogens with zero attached hydrogens (tertiary/aromatic N) is 3. The van der Waals surface area contributed by atoms with Crippen LogP contribution in [0, 0.1) is 5.41 Å². The average Bonchev–Trinajstić information content (AvgIpc) is 2.53. The number of morpholine rings is 1. The van der Waals surface area contributed by atoms with Crippen LogP contribution in [-0.2, 0) is 19.1 Å². The molecule has 2 aliphatic rings. The van der Waals surface area contributed by atoms with E-state index in [1.807, 2.05) is 20.8 Å². The minimum Gasteiger partial charge on any atom is -0.378 e. The van der Waals surface area contributed by atoms with Crippen molar-refractivity contribution in [3.8, 4) is 0 Å². The molecule has 2 heterocycles. The molecule has 0 aromatic carbocycles. The third-order valence-electron chi connectivity index (χ3n) is 3.98. The molecular formula is C15H25N3O4. The Labute approximate surface area is 131 Å². The molecule has 3 amide bonds. The van der Waals surface area contributed by atoms with Crippen molar-refractivity contribution in [2.24, 2.45) is 5.41 Å². The maximum Gasteiger partial charge on any atom is 0.312 e. The first-order chi connectivity index (χ1) is 10.3. The van der Waals surface area contributed by atoms with Crippen LogP contribution in [0.25, 0.3) is 0 Å². The molecule has 0 bridgehead atoms. The van der Waals surface area contributed by atoms with Crippen molar-refractivity contribution in [1.82, 2.24) is 14.7 Å². The topological polar surface area (TPSA) is 70.2 Å². The number of piperazine rings is 1. The third kappa shape index (κ3) is 3.76. The summed E-state index contributed by atoms with van der Waals surface area (Å²) in [5.41, 5.74) is -0.421. The van der Waals surface area contributed by atoms with Gasteiger partial charge in [0.2, 0.25) is 5.91 Å². The summed E-state index contributed by atoms with van der Waals surface area (Å²) in [6.45, 7) is 9.34. The van der Waals surface area contributed by atoms with Gasteiger partial charge in [-0.05, 0) is 0 Å². The quantitative estimate of drug-likeness (QED) is 0.569. The molecule has 2 rings (SSSR count). The Morgan fingerprint density at radius 2 is 1.14 bits per heavy atom. The smallest absolute Gasteiger partial charge is 0.312 e. The van der Waals surface area contributed by atoms with Crippen molar-refractivity contribution in [3.63, 3.8) is 0 Å². The van der Waals surface area contributed by atoms with Crippen LogP contribution in [0.2, 0.25) is 0 Å². The summed E-state index contributed by atoms with van der Waals surface area (Å²) in [4.78, 5) is 41.5. The van der Waals surface area contributed by atoms with E-state index in [4.69, 9.17) is 4.74 Å². The molecule has 0 aliphatic carbocycles. The first-order valence-electron chi connectivity index (χ1n) is 7.76. The Balaban J connectivity index is 1.87. The first kappa shape index (κ1) is 16.7. The van der Waals surface area contributed by atoms with Gasteiger partial charge in [-0.1, -0.05) is 20.8 Å². The van der Waals surface area contributed by atoms with Gasteiger partial charge in [-0.25, -0.2) is 0 Å². The summed E-state index contributed by atoms with van der Waals surface area (Å²) in [6.07, 6.45) is 0. The van der Waals surface area contributed by atoms with Crippen LogP contribution in [0.3, 0.4) is 0 Å². The monoisotopic (exact) mass is 311 g/mol. The molecule has 2 aliphatic heterocycles. The molecule has 0 N–H and O–H groups in total. The number of hydrogen-bond donors (Lipinski definition) is 0. The first-order valence-corrected chi connectivity index (χ1v) is 7.76. The molecule has 7 heteroatoms. The molecule has 0 aromatic heterocycles. The second-order valence-corrected chi connectivity index (χ2v) is 6.74. The van der Waals surface area contributed by atoms with Gasteiger partial charge in [-0.2, -0.15) is 0 Å². The number of carbonyl (C=O) groups is 3. The van der Waals surface area contributed by atoms with E-state index in [1.54, 1.807) is 14.7 Å². The lowest BCUT2D eigenvalue weighted by atomic mass is 9.94. The molecule has 0 aromatic rings. The highest BCUT2D eigenvalue weighted by Gasteiger charge is 2.34. The lowest BCUT2D eigenvalue weighted by Crippen LogP contribution is -2.56. The fourth-order valence-electron chi connectivity index (χ4n) is 2.62. The minimum atomic E-state index is -0.468. The van der Waals surface area contributed by atoms with Crippen molar-refractivity contribution in [3.05, 3.63) is 0 Å². The van der Waals surface area contributed by atoms with Gasteiger partial charge in [-0.3, -0.25) is 14.4 Å². The summed E-state index contributed by atoms with van der Waals surface area (Å²) in [6, 6.07) is 0. The zero-order chi connectivity index (χ0) is 16.3. The molecule has 2 fully saturated rings. The Hall–Kier alpha value is -1.63. The molecular weight excluding hydrogens is 286 g/mol. The van der Waals surface area contributed by atoms with Crippen LogP contribution in [0.1, 0.15) is 20.8 Å². The van der Waals surface area contributed by atoms with E-state index in [2.05, 4.69) is 0 Å². The summed E-state index contributed by atoms with van der Waals surface area (Å²) < 4.78 is 5.18. The van der Waals surface area contributed by atoms with Gasteiger partial charge >= 0.3 is 11.8 Å². The number of amides is 3. The largest absolute Gasteiger partial charge is 0.378 e. The zero-order valence-electron chi connectivity index (χ0n) is 13.6. The Bertz CT molecular complexity index is 444. The van der Waals surface area contributed by atoms with Crippen LogP contribution in [0.5, 0.6) is 0 Å². The maximum absolute atomic E-state index is 12.3. The highest BCUT2D eigenvalue weighted by molar-refractivity contribution is 6.34. The number of rotatable bonds is 0. The van der Waals surface area contributed by atoms with Crippen LogP contribution in [0.4, 0.5) is 0 Å². The number of ether oxygens (including phenoxy) is 1. The molecule has 0 spiro atoms. The molecule has 0 radical (unpaired) electrons. The normalized spacial score (nSPS) is 20.0. The van der Waals surface area contributed by atoms with E-state index in [-0.39, 0.29) is 5.91 Å². The third-order valence-corrected chi connectivity index (χ3v) is 3.98. The van der Waals surface area contributed by atoms with Gasteiger partial charge in [0.05, 0.1) is 13.2 Å². The lowest BCUT2D eigenvalue weighted by molar-refractivity contribution is -0.156. The highest BCUT2D eigenvalue weighted by Crippen LogP contribution is 2.18. The SMILES string of the molecule is CC(C)(C)C(=O)N1CCN(C(=O)C(=O)N2CCOCC2)CC1. The van der Waals surface area contributed by atoms with E-state index in [0.717, 1.165) is 0 Å². The van der Waals surface area contributed by atoms with Crippen molar-refractivity contribution in [2.45, 2.75) is 20.8 Å². The van der Waals surface area contributed by atoms with E-state index >= 15 is 0 Å². The van der Waals surface area contributed by atoms with Gasteiger partial charge in [0.1, 0.15) is 0 Å². The summed E-state index contributed by atoms with van der Waals surface area (Å²) in [5, 5.41) is 0. The highest BCUT2D eigenvalue weighted by atomic mass is 16.5. The second kappa shape index (κ2) is 6.64. The Kier molecular flexibility index (Phi) is 5.05. The van der Waals surface area contributed by atoms with Crippen molar-refractivity contribution in [2.75, 3.05) is 52.5 Å². The van der Waals surface area contributed by atoms with Crippen LogP contribution >= 0.6 is 0 Å². The van der Waals surface area contributed by atoms with Gasteiger partial charge in [0, 0.05) is 44.7 Å². The molecule has 2 saturated heterocycles. The molecule has 0 saturated carbocycles. The molecule has 22 heavy (non-hydrogen) atoms. The second-order valence-electron chi connectivity index (χ2n) is 6.74. The number of hydrogen-bond acceptors (Lipinski definition) is 4. The minimum absolute atomic E-state index is 0.0825. The van der Waals surface area contributed by atoms with Crippen LogP contribution < -0.4 is 0 Å². The fourth-order valence-corrected chi connectivity index (χ4v) is 2.62. The Morgan fingerprint density at radius 3 is 1.59 bits per heavy atom. The summed E-state index contributed by atoms with van der Waals surface area (Å²) >= 11 is 0.